The number of nitrogens with one attached hydrogen (secondary N) is 2. The topological polar surface area (TPSA) is 70.7 Å². The van der Waals surface area contributed by atoms with E-state index in [4.69, 9.17) is 0 Å². The molecular weight excluding hydrogens is 400 g/mol. The first-order valence-corrected chi connectivity index (χ1v) is 11.0. The molecule has 4 rings (SSSR count). The van der Waals surface area contributed by atoms with Gasteiger partial charge in [0.15, 0.2) is 5.82 Å². The zero-order valence-corrected chi connectivity index (χ0v) is 17.4. The van der Waals surface area contributed by atoms with Crippen molar-refractivity contribution in [3.8, 4) is 10.7 Å². The van der Waals surface area contributed by atoms with Crippen LogP contribution >= 0.6 is 23.1 Å². The van der Waals surface area contributed by atoms with E-state index in [0.717, 1.165) is 21.8 Å². The molecule has 0 fully saturated rings. The molecule has 2 aromatic heterocycles. The number of nitrogens with zero attached hydrogens (tertiary/aromatic N) is 2. The average Bonchev–Trinajstić information content (AvgIpc) is 3.45. The smallest absolute Gasteiger partial charge is 0.234 e. The number of thioether (sulfide) groups is 1. The highest BCUT2D eigenvalue weighted by Crippen LogP contribution is 2.27. The molecule has 0 bridgehead atoms. The van der Waals surface area contributed by atoms with Gasteiger partial charge in [-0.15, -0.1) is 16.4 Å². The molecule has 0 saturated carbocycles. The fraction of sp³-hybridized carbons (Fsp3) is 0.136. The van der Waals surface area contributed by atoms with E-state index in [1.807, 2.05) is 85.1 Å². The Bertz CT molecular complexity index is 1010. The van der Waals surface area contributed by atoms with Gasteiger partial charge >= 0.3 is 0 Å². The largest absolute Gasteiger partial charge is 0.344 e. The molecule has 2 heterocycles. The Balaban J connectivity index is 1.47. The Hall–Kier alpha value is -2.90. The number of aromatic amines is 1. The molecule has 7 heteroatoms. The van der Waals surface area contributed by atoms with Crippen molar-refractivity contribution >= 4 is 29.0 Å². The van der Waals surface area contributed by atoms with Gasteiger partial charge in [-0.3, -0.25) is 9.89 Å². The number of rotatable bonds is 7. The molecule has 0 aliphatic carbocycles. The number of H-pyrrole nitrogens is 1. The van der Waals surface area contributed by atoms with Gasteiger partial charge in [-0.25, -0.2) is 4.98 Å². The molecule has 0 radical (unpaired) electrons. The van der Waals surface area contributed by atoms with Crippen molar-refractivity contribution < 1.29 is 4.79 Å². The van der Waals surface area contributed by atoms with E-state index >= 15 is 0 Å². The van der Waals surface area contributed by atoms with Crippen molar-refractivity contribution in [2.45, 2.75) is 23.4 Å². The number of amides is 1. The van der Waals surface area contributed by atoms with E-state index in [9.17, 15) is 4.79 Å². The van der Waals surface area contributed by atoms with Crippen LogP contribution in [0, 0.1) is 0 Å². The number of benzene rings is 2. The van der Waals surface area contributed by atoms with Gasteiger partial charge in [0.25, 0.3) is 0 Å². The van der Waals surface area contributed by atoms with Crippen LogP contribution in [0.4, 0.5) is 0 Å². The SMILES string of the molecule is CC(Sc1n[nH]c(-c2cccs2)n1)C(=O)NC(c1ccccc1)c1ccccc1. The molecule has 1 amide bonds. The molecule has 146 valence electrons. The molecule has 29 heavy (non-hydrogen) atoms. The highest BCUT2D eigenvalue weighted by atomic mass is 32.2. The van der Waals surface area contributed by atoms with Crippen LogP contribution in [-0.2, 0) is 4.79 Å². The molecule has 5 nitrogen and oxygen atoms in total. The lowest BCUT2D eigenvalue weighted by molar-refractivity contribution is -0.120. The van der Waals surface area contributed by atoms with Crippen LogP contribution in [0.1, 0.15) is 24.1 Å². The van der Waals surface area contributed by atoms with E-state index in [1.165, 1.54) is 11.8 Å². The van der Waals surface area contributed by atoms with E-state index in [0.29, 0.717) is 5.16 Å². The summed E-state index contributed by atoms with van der Waals surface area (Å²) in [5, 5.41) is 12.6. The van der Waals surface area contributed by atoms with Gasteiger partial charge in [0.1, 0.15) is 0 Å². The maximum Gasteiger partial charge on any atom is 0.234 e. The minimum Gasteiger partial charge on any atom is -0.344 e. The van der Waals surface area contributed by atoms with E-state index in [-0.39, 0.29) is 17.2 Å². The molecule has 1 unspecified atom stereocenters. The van der Waals surface area contributed by atoms with Crippen LogP contribution in [0.2, 0.25) is 0 Å². The molecule has 2 aromatic carbocycles. The zero-order chi connectivity index (χ0) is 20.1. The molecule has 2 N–H and O–H groups in total. The van der Waals surface area contributed by atoms with Gasteiger partial charge in [-0.2, -0.15) is 0 Å². The lowest BCUT2D eigenvalue weighted by atomic mass is 9.98. The van der Waals surface area contributed by atoms with Crippen LogP contribution in [-0.4, -0.2) is 26.3 Å². The Labute approximate surface area is 177 Å². The van der Waals surface area contributed by atoms with Crippen LogP contribution in [0.25, 0.3) is 10.7 Å². The van der Waals surface area contributed by atoms with Crippen molar-refractivity contribution in [1.82, 2.24) is 20.5 Å². The molecule has 0 aliphatic heterocycles. The Morgan fingerprint density at radius 1 is 1.00 bits per heavy atom. The van der Waals surface area contributed by atoms with Gasteiger partial charge in [0.05, 0.1) is 16.2 Å². The molecule has 0 spiro atoms. The second-order valence-electron chi connectivity index (χ2n) is 6.47. The van der Waals surface area contributed by atoms with Crippen LogP contribution in [0.15, 0.2) is 83.3 Å². The standard InChI is InChI=1S/C22H20N4OS2/c1-15(29-22-24-20(25-26-22)18-13-8-14-28-18)21(27)23-19(16-9-4-2-5-10-16)17-11-6-3-7-12-17/h2-15,19H,1H3,(H,23,27)(H,24,25,26). The third-order valence-electron chi connectivity index (χ3n) is 4.42. The minimum atomic E-state index is -0.336. The summed E-state index contributed by atoms with van der Waals surface area (Å²) in [6.45, 7) is 1.87. The maximum atomic E-state index is 12.9. The fourth-order valence-corrected chi connectivity index (χ4v) is 4.34. The quantitative estimate of drug-likeness (QED) is 0.416. The predicted molar refractivity (Wildman–Crippen MR) is 118 cm³/mol. The molecule has 0 saturated heterocycles. The van der Waals surface area contributed by atoms with Gasteiger partial charge in [0, 0.05) is 0 Å². The van der Waals surface area contributed by atoms with Crippen molar-refractivity contribution in [2.75, 3.05) is 0 Å². The van der Waals surface area contributed by atoms with Gasteiger partial charge in [-0.05, 0) is 29.5 Å². The molecular formula is C22H20N4OS2. The summed E-state index contributed by atoms with van der Waals surface area (Å²) in [4.78, 5) is 18.5. The summed E-state index contributed by atoms with van der Waals surface area (Å²) in [6.07, 6.45) is 0. The summed E-state index contributed by atoms with van der Waals surface area (Å²) in [7, 11) is 0. The van der Waals surface area contributed by atoms with E-state index in [2.05, 4.69) is 20.5 Å². The number of carbonyl (C=O) groups is 1. The molecule has 4 aromatic rings. The van der Waals surface area contributed by atoms with E-state index in [1.54, 1.807) is 11.3 Å². The normalized spacial score (nSPS) is 12.1. The average molecular weight is 421 g/mol. The maximum absolute atomic E-state index is 12.9. The van der Waals surface area contributed by atoms with Crippen LogP contribution in [0.5, 0.6) is 0 Å². The third-order valence-corrected chi connectivity index (χ3v) is 6.26. The summed E-state index contributed by atoms with van der Waals surface area (Å²) in [5.74, 6) is 0.664. The van der Waals surface area contributed by atoms with Gasteiger partial charge < -0.3 is 5.32 Å². The van der Waals surface area contributed by atoms with Gasteiger partial charge in [0.2, 0.25) is 11.1 Å². The second kappa shape index (κ2) is 9.07. The summed E-state index contributed by atoms with van der Waals surface area (Å²) in [5.41, 5.74) is 2.09. The summed E-state index contributed by atoms with van der Waals surface area (Å²) >= 11 is 2.94. The number of thiophene rings is 1. The lowest BCUT2D eigenvalue weighted by Gasteiger charge is -2.21. The predicted octanol–water partition coefficient (Wildman–Crippen LogP) is 4.92. The lowest BCUT2D eigenvalue weighted by Crippen LogP contribution is -2.35. The van der Waals surface area contributed by atoms with Crippen LogP contribution < -0.4 is 5.32 Å². The Morgan fingerprint density at radius 3 is 2.24 bits per heavy atom. The molecule has 0 aliphatic rings. The molecule has 1 atom stereocenters. The summed E-state index contributed by atoms with van der Waals surface area (Å²) < 4.78 is 0. The van der Waals surface area contributed by atoms with Crippen molar-refractivity contribution in [3.63, 3.8) is 0 Å². The monoisotopic (exact) mass is 420 g/mol. The van der Waals surface area contributed by atoms with E-state index < -0.39 is 0 Å². The number of carbonyl (C=O) groups excluding carboxylic acids is 1. The fourth-order valence-electron chi connectivity index (χ4n) is 2.94. The van der Waals surface area contributed by atoms with Crippen molar-refractivity contribution in [3.05, 3.63) is 89.3 Å². The highest BCUT2D eigenvalue weighted by molar-refractivity contribution is 8.00. The first-order valence-electron chi connectivity index (χ1n) is 9.24. The summed E-state index contributed by atoms with van der Waals surface area (Å²) in [6, 6.07) is 23.7. The van der Waals surface area contributed by atoms with Crippen molar-refractivity contribution in [1.29, 1.82) is 0 Å². The van der Waals surface area contributed by atoms with Gasteiger partial charge in [-0.1, -0.05) is 78.5 Å². The second-order valence-corrected chi connectivity index (χ2v) is 8.72. The first kappa shape index (κ1) is 19.4. The number of hydrogen-bond donors (Lipinski definition) is 2. The highest BCUT2D eigenvalue weighted by Gasteiger charge is 2.22. The first-order chi connectivity index (χ1) is 14.2. The number of hydrogen-bond acceptors (Lipinski definition) is 5. The number of aromatic nitrogens is 3. The Morgan fingerprint density at radius 2 is 1.66 bits per heavy atom. The zero-order valence-electron chi connectivity index (χ0n) is 15.8. The van der Waals surface area contributed by atoms with Crippen LogP contribution in [0.3, 0.4) is 0 Å². The van der Waals surface area contributed by atoms with Crippen molar-refractivity contribution in [2.24, 2.45) is 0 Å². The Kier molecular flexibility index (Phi) is 6.07. The minimum absolute atomic E-state index is 0.0600. The third kappa shape index (κ3) is 4.75.